The number of pyridine rings is 1. The van der Waals surface area contributed by atoms with Crippen molar-refractivity contribution >= 4 is 45.0 Å². The molecule has 1 aliphatic carbocycles. The molecule has 2 aromatic rings. The second-order valence-corrected chi connectivity index (χ2v) is 9.32. The van der Waals surface area contributed by atoms with Gasteiger partial charge in [0.25, 0.3) is 0 Å². The molecule has 1 saturated heterocycles. The fourth-order valence-corrected chi connectivity index (χ4v) is 5.67. The van der Waals surface area contributed by atoms with Gasteiger partial charge in [-0.1, -0.05) is 37.0 Å². The van der Waals surface area contributed by atoms with E-state index in [0.29, 0.717) is 16.0 Å². The third-order valence-electron chi connectivity index (χ3n) is 5.96. The quantitative estimate of drug-likeness (QED) is 0.569. The molecule has 4 nitrogen and oxygen atoms in total. The van der Waals surface area contributed by atoms with Crippen LogP contribution in [0.2, 0.25) is 10.0 Å². The number of piperidine rings is 1. The van der Waals surface area contributed by atoms with Crippen LogP contribution in [0.1, 0.15) is 55.0 Å². The number of likely N-dealkylation sites (tertiary alicyclic amines) is 1. The van der Waals surface area contributed by atoms with Gasteiger partial charge in [-0.15, -0.1) is 0 Å². The van der Waals surface area contributed by atoms with E-state index >= 15 is 0 Å². The summed E-state index contributed by atoms with van der Waals surface area (Å²) >= 11 is 16.6. The summed E-state index contributed by atoms with van der Waals surface area (Å²) < 4.78 is 0.989. The van der Waals surface area contributed by atoms with E-state index in [1.807, 2.05) is 37.1 Å². The van der Waals surface area contributed by atoms with E-state index in [2.05, 4.69) is 22.0 Å². The van der Waals surface area contributed by atoms with E-state index in [1.54, 1.807) is 0 Å². The summed E-state index contributed by atoms with van der Waals surface area (Å²) in [7, 11) is 0. The number of benzene rings is 1. The Labute approximate surface area is 197 Å². The predicted molar refractivity (Wildman–Crippen MR) is 127 cm³/mol. The summed E-state index contributed by atoms with van der Waals surface area (Å²) in [6.07, 6.45) is 5.49. The van der Waals surface area contributed by atoms with Gasteiger partial charge in [-0.05, 0) is 82.4 Å². The first-order chi connectivity index (χ1) is 14.5. The van der Waals surface area contributed by atoms with Crippen LogP contribution < -0.4 is 5.73 Å². The monoisotopic (exact) mass is 511 g/mol. The van der Waals surface area contributed by atoms with Crippen LogP contribution in [-0.2, 0) is 17.6 Å². The molecule has 162 valence electrons. The van der Waals surface area contributed by atoms with E-state index in [4.69, 9.17) is 33.9 Å². The Morgan fingerprint density at radius 1 is 1.17 bits per heavy atom. The van der Waals surface area contributed by atoms with Crippen molar-refractivity contribution in [1.82, 2.24) is 9.88 Å². The molecule has 2 N–H and O–H groups in total. The molecule has 2 aliphatic rings. The number of nitrogens with zero attached hydrogens (tertiary/aromatic N) is 2. The smallest absolute Gasteiger partial charge is 0.236 e. The predicted octanol–water partition coefficient (Wildman–Crippen LogP) is 5.60. The molecule has 1 fully saturated rings. The Hall–Kier alpha value is -1.14. The molecule has 2 heterocycles. The summed E-state index contributed by atoms with van der Waals surface area (Å²) in [5.74, 6) is 0.497. The van der Waals surface area contributed by atoms with Crippen molar-refractivity contribution < 1.29 is 4.79 Å². The zero-order valence-corrected chi connectivity index (χ0v) is 20.5. The van der Waals surface area contributed by atoms with Crippen LogP contribution in [0.5, 0.6) is 0 Å². The van der Waals surface area contributed by atoms with E-state index in [9.17, 15) is 4.79 Å². The SMILES string of the molecule is CC.NCC(=O)N1CCC(C2c3ncc(Br)cc3CCc3cc(Cl)cc(Cl)c32)CC1. The molecule has 0 bridgehead atoms. The Balaban J connectivity index is 0.00000124. The molecule has 0 saturated carbocycles. The molecule has 1 amide bonds. The molecular weight excluding hydrogens is 485 g/mol. The van der Waals surface area contributed by atoms with Crippen molar-refractivity contribution in [3.8, 4) is 0 Å². The lowest BCUT2D eigenvalue weighted by molar-refractivity contribution is -0.131. The highest BCUT2D eigenvalue weighted by atomic mass is 79.9. The lowest BCUT2D eigenvalue weighted by atomic mass is 9.76. The van der Waals surface area contributed by atoms with E-state index in [0.717, 1.165) is 54.5 Å². The first-order valence-corrected chi connectivity index (χ1v) is 12.1. The van der Waals surface area contributed by atoms with Gasteiger partial charge in [0.1, 0.15) is 0 Å². The van der Waals surface area contributed by atoms with Crippen LogP contribution in [0, 0.1) is 5.92 Å². The topological polar surface area (TPSA) is 59.2 Å². The summed E-state index contributed by atoms with van der Waals surface area (Å²) in [6.45, 7) is 5.52. The maximum atomic E-state index is 12.0. The second kappa shape index (κ2) is 10.4. The van der Waals surface area contributed by atoms with Crippen molar-refractivity contribution in [2.75, 3.05) is 19.6 Å². The molecule has 1 aromatic carbocycles. The molecule has 7 heteroatoms. The second-order valence-electron chi connectivity index (χ2n) is 7.56. The molecule has 1 aromatic heterocycles. The first kappa shape index (κ1) is 23.5. The van der Waals surface area contributed by atoms with Crippen molar-refractivity contribution in [3.63, 3.8) is 0 Å². The number of carbonyl (C=O) groups is 1. The van der Waals surface area contributed by atoms with Crippen molar-refractivity contribution in [2.45, 2.75) is 45.4 Å². The highest BCUT2D eigenvalue weighted by Crippen LogP contribution is 2.46. The number of aromatic nitrogens is 1. The zero-order valence-electron chi connectivity index (χ0n) is 17.4. The number of fused-ring (bicyclic) bond motifs is 2. The lowest BCUT2D eigenvalue weighted by Crippen LogP contribution is -2.42. The highest BCUT2D eigenvalue weighted by molar-refractivity contribution is 9.10. The highest BCUT2D eigenvalue weighted by Gasteiger charge is 2.36. The summed E-state index contributed by atoms with van der Waals surface area (Å²) in [4.78, 5) is 18.7. The van der Waals surface area contributed by atoms with Gasteiger partial charge in [-0.25, -0.2) is 0 Å². The van der Waals surface area contributed by atoms with Gasteiger partial charge in [-0.2, -0.15) is 0 Å². The Morgan fingerprint density at radius 2 is 1.83 bits per heavy atom. The van der Waals surface area contributed by atoms with Gasteiger partial charge in [0.15, 0.2) is 0 Å². The van der Waals surface area contributed by atoms with Gasteiger partial charge in [0, 0.05) is 39.7 Å². The number of halogens is 3. The minimum atomic E-state index is 0.0204. The number of amides is 1. The molecule has 1 aliphatic heterocycles. The first-order valence-electron chi connectivity index (χ1n) is 10.6. The Bertz CT molecular complexity index is 914. The molecule has 0 radical (unpaired) electrons. The largest absolute Gasteiger partial charge is 0.342 e. The number of hydrogen-bond acceptors (Lipinski definition) is 3. The average molecular weight is 513 g/mol. The zero-order chi connectivity index (χ0) is 21.8. The minimum Gasteiger partial charge on any atom is -0.342 e. The standard InChI is InChI=1S/C21H22BrCl2N3O.C2H6/c22-15-7-14-2-1-13-8-16(23)9-17(24)19(13)20(21(14)26-11-15)12-3-5-27(6-4-12)18(28)10-25;1-2/h7-9,11-12,20H,1-6,10,25H2;1-2H3. The molecule has 1 atom stereocenters. The summed E-state index contributed by atoms with van der Waals surface area (Å²) in [5, 5.41) is 1.39. The number of nitrogens with two attached hydrogens (primary N) is 1. The number of aryl methyl sites for hydroxylation is 2. The van der Waals surface area contributed by atoms with Crippen LogP contribution in [0.3, 0.4) is 0 Å². The minimum absolute atomic E-state index is 0.0204. The Kier molecular flexibility index (Phi) is 8.19. The van der Waals surface area contributed by atoms with E-state index in [-0.39, 0.29) is 18.4 Å². The molecule has 1 unspecified atom stereocenters. The fraction of sp³-hybridized carbons (Fsp3) is 0.478. The molecule has 0 spiro atoms. The number of rotatable bonds is 2. The van der Waals surface area contributed by atoms with Crippen LogP contribution in [-0.4, -0.2) is 35.4 Å². The van der Waals surface area contributed by atoms with Gasteiger partial charge >= 0.3 is 0 Å². The van der Waals surface area contributed by atoms with Gasteiger partial charge < -0.3 is 10.6 Å². The van der Waals surface area contributed by atoms with Gasteiger partial charge in [0.05, 0.1) is 12.2 Å². The van der Waals surface area contributed by atoms with Crippen molar-refractivity contribution in [2.24, 2.45) is 11.7 Å². The normalized spacial score (nSPS) is 18.6. The Morgan fingerprint density at radius 3 is 2.50 bits per heavy atom. The fourth-order valence-electron chi connectivity index (χ4n) is 4.64. The number of hydrogen-bond donors (Lipinski definition) is 1. The third-order valence-corrected chi connectivity index (χ3v) is 6.92. The molecule has 30 heavy (non-hydrogen) atoms. The van der Waals surface area contributed by atoms with Gasteiger partial charge in [-0.3, -0.25) is 9.78 Å². The van der Waals surface area contributed by atoms with Crippen LogP contribution in [0.15, 0.2) is 28.9 Å². The van der Waals surface area contributed by atoms with Crippen molar-refractivity contribution in [1.29, 1.82) is 0 Å². The van der Waals surface area contributed by atoms with Crippen molar-refractivity contribution in [3.05, 3.63) is 61.3 Å². The average Bonchev–Trinajstić information content (AvgIpc) is 2.91. The third kappa shape index (κ3) is 4.85. The molecular formula is C23H28BrCl2N3O. The maximum Gasteiger partial charge on any atom is 0.236 e. The van der Waals surface area contributed by atoms with Gasteiger partial charge in [0.2, 0.25) is 5.91 Å². The number of carbonyl (C=O) groups excluding carboxylic acids is 1. The molecule has 4 rings (SSSR count). The van der Waals surface area contributed by atoms with E-state index in [1.165, 1.54) is 11.1 Å². The summed E-state index contributed by atoms with van der Waals surface area (Å²) in [6, 6.07) is 6.06. The van der Waals surface area contributed by atoms with Crippen LogP contribution in [0.25, 0.3) is 0 Å². The van der Waals surface area contributed by atoms with Crippen LogP contribution >= 0.6 is 39.1 Å². The maximum absolute atomic E-state index is 12.0. The summed E-state index contributed by atoms with van der Waals surface area (Å²) in [5.41, 5.74) is 10.3. The van der Waals surface area contributed by atoms with E-state index < -0.39 is 0 Å². The lowest BCUT2D eigenvalue weighted by Gasteiger charge is -2.37. The van der Waals surface area contributed by atoms with Crippen LogP contribution in [0.4, 0.5) is 0 Å².